The van der Waals surface area contributed by atoms with Gasteiger partial charge >= 0.3 is 0 Å². The Bertz CT molecular complexity index is 2000. The molecule has 2 aromatic carbocycles. The van der Waals surface area contributed by atoms with Gasteiger partial charge in [-0.05, 0) is 66.8 Å². The molecule has 0 spiro atoms. The van der Waals surface area contributed by atoms with E-state index in [0.29, 0.717) is 52.7 Å². The second-order valence-corrected chi connectivity index (χ2v) is 15.2. The first-order valence-electron chi connectivity index (χ1n) is 17.8. The zero-order chi connectivity index (χ0) is 37.7. The fourth-order valence-corrected chi connectivity index (χ4v) is 8.54. The lowest BCUT2D eigenvalue weighted by Gasteiger charge is -2.20. The maximum absolute atomic E-state index is 6.12. The summed E-state index contributed by atoms with van der Waals surface area (Å²) in [5.41, 5.74) is 2.03. The molecule has 0 aliphatic carbocycles. The number of anilines is 2. The molecule has 2 aliphatic heterocycles. The van der Waals surface area contributed by atoms with Crippen molar-refractivity contribution in [2.45, 2.75) is 0 Å². The average Bonchev–Trinajstić information content (AvgIpc) is 3.95. The van der Waals surface area contributed by atoms with Gasteiger partial charge in [-0.25, -0.2) is 0 Å². The molecule has 0 atom stereocenters. The van der Waals surface area contributed by atoms with Gasteiger partial charge in [0.1, 0.15) is 39.6 Å². The van der Waals surface area contributed by atoms with E-state index in [9.17, 15) is 0 Å². The van der Waals surface area contributed by atoms with Crippen LogP contribution in [0.1, 0.15) is 29.3 Å². The molecule has 5 aromatic rings. The molecule has 0 amide bonds. The van der Waals surface area contributed by atoms with Crippen LogP contribution in [0.5, 0.6) is 23.0 Å². The van der Waals surface area contributed by atoms with Crippen LogP contribution < -0.4 is 28.9 Å². The number of hydrazone groups is 1. The molecule has 0 fully saturated rings. The minimum Gasteiger partial charge on any atom is -0.500 e. The Labute approximate surface area is 333 Å². The van der Waals surface area contributed by atoms with E-state index >= 15 is 0 Å². The van der Waals surface area contributed by atoms with Crippen molar-refractivity contribution in [3.05, 3.63) is 134 Å². The van der Waals surface area contributed by atoms with Crippen LogP contribution >= 0.6 is 34.0 Å². The van der Waals surface area contributed by atoms with Crippen LogP contribution in [0.3, 0.4) is 0 Å². The van der Waals surface area contributed by atoms with Crippen molar-refractivity contribution in [2.75, 3.05) is 62.6 Å². The van der Waals surface area contributed by atoms with Crippen LogP contribution in [0.15, 0.2) is 110 Å². The number of rotatable bonds is 18. The summed E-state index contributed by atoms with van der Waals surface area (Å²) in [7, 11) is 0. The van der Waals surface area contributed by atoms with Gasteiger partial charge in [0.15, 0.2) is 23.0 Å². The van der Waals surface area contributed by atoms with Gasteiger partial charge in [0, 0.05) is 21.6 Å². The first-order chi connectivity index (χ1) is 27.2. The molecule has 12 heteroatoms. The summed E-state index contributed by atoms with van der Waals surface area (Å²) in [5.74, 6) is 3.03. The third kappa shape index (κ3) is 9.71. The molecule has 55 heavy (non-hydrogen) atoms. The monoisotopic (exact) mass is 791 g/mol. The van der Waals surface area contributed by atoms with Crippen molar-refractivity contribution in [2.24, 2.45) is 5.10 Å². The molecule has 9 nitrogen and oxygen atoms in total. The summed E-state index contributed by atoms with van der Waals surface area (Å²) in [6, 6.07) is 24.5. The van der Waals surface area contributed by atoms with Crippen molar-refractivity contribution in [3.63, 3.8) is 0 Å². The van der Waals surface area contributed by atoms with Crippen LogP contribution in [0.2, 0.25) is 0 Å². The summed E-state index contributed by atoms with van der Waals surface area (Å²) < 4.78 is 35.2. The number of fused-ring (bicyclic) bond motifs is 2. The third-order valence-electron chi connectivity index (χ3n) is 8.31. The Morgan fingerprint density at radius 2 is 1.05 bits per heavy atom. The molecule has 5 heterocycles. The summed E-state index contributed by atoms with van der Waals surface area (Å²) in [5, 5.41) is 6.71. The van der Waals surface area contributed by atoms with Crippen LogP contribution in [-0.4, -0.2) is 58.9 Å². The lowest BCUT2D eigenvalue weighted by atomic mass is 10.2. The number of nitrogens with zero attached hydrogens (tertiary/aromatic N) is 3. The molecule has 0 radical (unpaired) electrons. The number of hydrogen-bond donors (Lipinski definition) is 0. The first kappa shape index (κ1) is 37.6. The third-order valence-corrected chi connectivity index (χ3v) is 11.5. The molecule has 3 aromatic heterocycles. The maximum Gasteiger partial charge on any atom is 0.181 e. The molecule has 0 unspecified atom stereocenters. The smallest absolute Gasteiger partial charge is 0.181 e. The standard InChI is InChI=1S/C43H41N3O6S3/c1-3-47-25-23-45(32-11-7-5-8-12-32)22-21-38-42-40(49-27-28-51-42)36(54-38)19-17-34-15-16-35(53-34)18-20-37-41-43(52-30-29-50-41)39(55-37)31-44-46(24-26-48-4-2)33-13-9-6-10-14-33/h3-22,31H,1-2,23-30H2. The average molecular weight is 792 g/mol. The zero-order valence-electron chi connectivity index (χ0n) is 30.2. The topological polar surface area (TPSA) is 74.2 Å². The second-order valence-electron chi connectivity index (χ2n) is 11.9. The maximum atomic E-state index is 6.12. The van der Waals surface area contributed by atoms with Gasteiger partial charge in [-0.3, -0.25) is 5.01 Å². The number of hydrogen-bond acceptors (Lipinski definition) is 12. The van der Waals surface area contributed by atoms with Gasteiger partial charge in [-0.15, -0.1) is 34.0 Å². The summed E-state index contributed by atoms with van der Waals surface area (Å²) in [6.07, 6.45) is 17.3. The minimum atomic E-state index is 0.460. The summed E-state index contributed by atoms with van der Waals surface area (Å²) in [4.78, 5) is 8.26. The highest BCUT2D eigenvalue weighted by Crippen LogP contribution is 2.46. The SMILES string of the molecule is C=COCCN(C=Cc1sc(C=Cc2ccc(C=Cc3sc(C=NN(CCOC=C)c4ccccc4)c4c3OCCO4)s2)c2c1OCCO2)c1ccccc1. The lowest BCUT2D eigenvalue weighted by molar-refractivity contribution is 0.173. The van der Waals surface area contributed by atoms with Crippen LogP contribution in [0.25, 0.3) is 30.4 Å². The number of para-hydroxylation sites is 2. The fourth-order valence-electron chi connectivity index (χ4n) is 5.77. The van der Waals surface area contributed by atoms with Gasteiger partial charge in [-0.2, -0.15) is 5.10 Å². The Balaban J connectivity index is 1.06. The molecule has 0 saturated heterocycles. The number of benzene rings is 2. The van der Waals surface area contributed by atoms with E-state index in [1.54, 1.807) is 34.0 Å². The normalized spacial score (nSPS) is 13.5. The summed E-state index contributed by atoms with van der Waals surface area (Å²) >= 11 is 4.93. The predicted octanol–water partition coefficient (Wildman–Crippen LogP) is 10.4. The van der Waals surface area contributed by atoms with Crippen LogP contribution in [-0.2, 0) is 9.47 Å². The van der Waals surface area contributed by atoms with Gasteiger partial charge in [0.25, 0.3) is 0 Å². The Kier molecular flexibility index (Phi) is 13.0. The van der Waals surface area contributed by atoms with Crippen molar-refractivity contribution < 1.29 is 28.4 Å². The number of thiophene rings is 3. The minimum absolute atomic E-state index is 0.460. The summed E-state index contributed by atoms with van der Waals surface area (Å²) in [6.45, 7) is 11.5. The van der Waals surface area contributed by atoms with Gasteiger partial charge < -0.3 is 33.3 Å². The van der Waals surface area contributed by atoms with Crippen LogP contribution in [0.4, 0.5) is 11.4 Å². The molecule has 0 bridgehead atoms. The van der Waals surface area contributed by atoms with Gasteiger partial charge in [0.05, 0.1) is 57.0 Å². The van der Waals surface area contributed by atoms with Crippen molar-refractivity contribution in [3.8, 4) is 23.0 Å². The van der Waals surface area contributed by atoms with Crippen molar-refractivity contribution >= 4 is 82.0 Å². The largest absolute Gasteiger partial charge is 0.500 e. The van der Waals surface area contributed by atoms with Crippen molar-refractivity contribution in [1.82, 2.24) is 0 Å². The molecule has 2 aliphatic rings. The van der Waals surface area contributed by atoms with E-state index in [-0.39, 0.29) is 0 Å². The van der Waals surface area contributed by atoms with Crippen LogP contribution in [0, 0.1) is 0 Å². The fraction of sp³-hybridized carbons (Fsp3) is 0.186. The highest BCUT2D eigenvalue weighted by Gasteiger charge is 2.24. The Morgan fingerprint density at radius 1 is 0.564 bits per heavy atom. The lowest BCUT2D eigenvalue weighted by Crippen LogP contribution is -2.21. The van der Waals surface area contributed by atoms with Crippen molar-refractivity contribution in [1.29, 1.82) is 0 Å². The zero-order valence-corrected chi connectivity index (χ0v) is 32.7. The Hall–Kier alpha value is -5.69. The van der Waals surface area contributed by atoms with E-state index in [0.717, 1.165) is 63.6 Å². The first-order valence-corrected chi connectivity index (χ1v) is 20.3. The van der Waals surface area contributed by atoms with E-state index in [1.165, 1.54) is 12.5 Å². The second kappa shape index (κ2) is 19.1. The molecule has 282 valence electrons. The van der Waals surface area contributed by atoms with E-state index in [1.807, 2.05) is 59.8 Å². The molecule has 7 rings (SSSR count). The van der Waals surface area contributed by atoms with E-state index < -0.39 is 0 Å². The van der Waals surface area contributed by atoms with Gasteiger partial charge in [-0.1, -0.05) is 49.6 Å². The number of ether oxygens (including phenoxy) is 6. The highest BCUT2D eigenvalue weighted by atomic mass is 32.1. The van der Waals surface area contributed by atoms with Gasteiger partial charge in [0.2, 0.25) is 0 Å². The highest BCUT2D eigenvalue weighted by molar-refractivity contribution is 7.16. The quantitative estimate of drug-likeness (QED) is 0.0376. The molecule has 0 N–H and O–H groups in total. The molecular weight excluding hydrogens is 751 g/mol. The molecular formula is C43H41N3O6S3. The van der Waals surface area contributed by atoms with E-state index in [4.69, 9.17) is 33.5 Å². The van der Waals surface area contributed by atoms with E-state index in [2.05, 4.69) is 78.9 Å². The Morgan fingerprint density at radius 3 is 1.62 bits per heavy atom. The molecule has 0 saturated carbocycles. The predicted molar refractivity (Wildman–Crippen MR) is 229 cm³/mol.